The molecule has 0 bridgehead atoms. The summed E-state index contributed by atoms with van der Waals surface area (Å²) in [5.74, 6) is -3.29. The van der Waals surface area contributed by atoms with Crippen LogP contribution >= 0.6 is 0 Å². The van der Waals surface area contributed by atoms with Gasteiger partial charge in [-0.05, 0) is 67.4 Å². The number of benzene rings is 2. The molecule has 2 aliphatic carbocycles. The van der Waals surface area contributed by atoms with Crippen molar-refractivity contribution in [3.05, 3.63) is 62.2 Å². The standard InChI is InChI=1S/C48H66O13Si/c1-25(2)62(26(3)4,27(5)6)59-15-13-32-22-34-40(29(8)61-32)46(54-11)43-41(44(34)52-9)38(51)24-36(48(43)57-18-19-58-48)35-23-37(50)33-21-30-20-31(12-14-49)60-28(7)39(30)45(53-10)42(33)47(35)55-16-17-56-47/h21,24-29,31-32,35,49H,12-20,22-23H2,1-11H3/t28-,29-,31-,32-,35-/m0/s1. The summed E-state index contributed by atoms with van der Waals surface area (Å²) in [5.41, 5.74) is 6.68. The fourth-order valence-corrected chi connectivity index (χ4v) is 17.8. The lowest BCUT2D eigenvalue weighted by molar-refractivity contribution is -0.218. The lowest BCUT2D eigenvalue weighted by Crippen LogP contribution is -2.50. The van der Waals surface area contributed by atoms with Gasteiger partial charge in [0.2, 0.25) is 11.6 Å². The van der Waals surface area contributed by atoms with Crippen LogP contribution in [0.4, 0.5) is 0 Å². The van der Waals surface area contributed by atoms with Crippen molar-refractivity contribution in [3.63, 3.8) is 0 Å². The molecule has 0 aromatic heterocycles. The topological polar surface area (TPSA) is 147 Å². The lowest BCUT2D eigenvalue weighted by atomic mass is 9.67. The molecule has 13 nitrogen and oxygen atoms in total. The number of rotatable bonds is 13. The second kappa shape index (κ2) is 17.3. The molecule has 0 amide bonds. The zero-order valence-corrected chi connectivity index (χ0v) is 39.4. The fourth-order valence-electron chi connectivity index (χ4n) is 12.3. The third kappa shape index (κ3) is 6.84. The average Bonchev–Trinajstić information content (AvgIpc) is 3.92. The average molecular weight is 879 g/mol. The van der Waals surface area contributed by atoms with Gasteiger partial charge >= 0.3 is 0 Å². The Hall–Kier alpha value is -3.18. The molecule has 2 fully saturated rings. The third-order valence-electron chi connectivity index (χ3n) is 14.5. The normalized spacial score (nSPS) is 26.2. The largest absolute Gasteiger partial charge is 0.496 e. The Kier molecular flexibility index (Phi) is 12.7. The van der Waals surface area contributed by atoms with Gasteiger partial charge in [-0.1, -0.05) is 41.5 Å². The second-order valence-electron chi connectivity index (χ2n) is 18.6. The molecule has 0 saturated carbocycles. The molecule has 0 radical (unpaired) electrons. The number of methoxy groups -OCH3 is 3. The Morgan fingerprint density at radius 1 is 0.742 bits per heavy atom. The van der Waals surface area contributed by atoms with Crippen molar-refractivity contribution in [2.75, 3.05) is 61.0 Å². The summed E-state index contributed by atoms with van der Waals surface area (Å²) in [4.78, 5) is 29.7. The molecule has 4 aliphatic heterocycles. The highest BCUT2D eigenvalue weighted by Gasteiger charge is 2.63. The van der Waals surface area contributed by atoms with Crippen LogP contribution in [0.15, 0.2) is 17.7 Å². The van der Waals surface area contributed by atoms with Crippen LogP contribution in [0.25, 0.3) is 0 Å². The zero-order valence-electron chi connectivity index (χ0n) is 38.4. The first kappa shape index (κ1) is 45.4. The summed E-state index contributed by atoms with van der Waals surface area (Å²) in [7, 11) is 2.64. The minimum absolute atomic E-state index is 0.0121. The van der Waals surface area contributed by atoms with Crippen molar-refractivity contribution in [2.24, 2.45) is 5.92 Å². The van der Waals surface area contributed by atoms with E-state index < -0.39 is 38.0 Å². The number of Topliss-reactive ketones (excluding diaryl/α,β-unsaturated/α-hetero) is 1. The second-order valence-corrected chi connectivity index (χ2v) is 24.1. The van der Waals surface area contributed by atoms with Crippen LogP contribution in [0.1, 0.15) is 141 Å². The molecular formula is C48H66O13Si. The van der Waals surface area contributed by atoms with Crippen LogP contribution in [-0.2, 0) is 57.3 Å². The monoisotopic (exact) mass is 878 g/mol. The van der Waals surface area contributed by atoms with Gasteiger partial charge in [-0.3, -0.25) is 9.59 Å². The maximum Gasteiger partial charge on any atom is 0.223 e. The van der Waals surface area contributed by atoms with Gasteiger partial charge in [0.25, 0.3) is 0 Å². The van der Waals surface area contributed by atoms with Crippen molar-refractivity contribution in [3.8, 4) is 17.2 Å². The zero-order chi connectivity index (χ0) is 44.5. The van der Waals surface area contributed by atoms with E-state index in [9.17, 15) is 9.90 Å². The molecular weight excluding hydrogens is 813 g/mol. The van der Waals surface area contributed by atoms with Crippen LogP contribution in [0.5, 0.6) is 17.2 Å². The molecule has 62 heavy (non-hydrogen) atoms. The molecule has 0 unspecified atom stereocenters. The summed E-state index contributed by atoms with van der Waals surface area (Å²) in [6, 6.07) is 1.91. The SMILES string of the molecule is COc1c2c(c(OC)c3c1C(=O)C=C([C@@H]1CC(=O)c4cc5c(c(OC)c4C14OCCO4)[C@H](C)O[C@@H](CCO)C5)C31OCCO1)[C@H](C)O[C@@H](CCO[Si](C(C)C)(C(C)C)C(C)C)C2. The number of allylic oxidation sites excluding steroid dienone is 1. The maximum absolute atomic E-state index is 15.0. The maximum atomic E-state index is 15.0. The van der Waals surface area contributed by atoms with Gasteiger partial charge in [-0.15, -0.1) is 0 Å². The van der Waals surface area contributed by atoms with Crippen molar-refractivity contribution in [2.45, 2.75) is 140 Å². The molecule has 6 aliphatic rings. The summed E-state index contributed by atoms with van der Waals surface area (Å²) >= 11 is 0. The minimum Gasteiger partial charge on any atom is -0.496 e. The molecule has 2 spiro atoms. The van der Waals surface area contributed by atoms with Crippen LogP contribution in [0, 0.1) is 5.92 Å². The van der Waals surface area contributed by atoms with Crippen LogP contribution in [-0.4, -0.2) is 98.2 Å². The Bertz CT molecular complexity index is 2070. The van der Waals surface area contributed by atoms with E-state index in [2.05, 4.69) is 41.5 Å². The van der Waals surface area contributed by atoms with Gasteiger partial charge in [0.05, 0.1) is 94.8 Å². The Morgan fingerprint density at radius 3 is 1.89 bits per heavy atom. The van der Waals surface area contributed by atoms with Gasteiger partial charge < -0.3 is 52.2 Å². The molecule has 340 valence electrons. The predicted molar refractivity (Wildman–Crippen MR) is 232 cm³/mol. The van der Waals surface area contributed by atoms with Gasteiger partial charge in [0.1, 0.15) is 17.2 Å². The number of ketones is 2. The van der Waals surface area contributed by atoms with E-state index in [1.54, 1.807) is 21.3 Å². The number of carbonyl (C=O) groups excluding carboxylic acids is 2. The van der Waals surface area contributed by atoms with E-state index in [-0.39, 0.29) is 63.2 Å². The van der Waals surface area contributed by atoms with E-state index in [0.29, 0.717) is 94.0 Å². The molecule has 8 rings (SSSR count). The Balaban J connectivity index is 1.23. The highest BCUT2D eigenvalue weighted by atomic mass is 28.4. The quantitative estimate of drug-likeness (QED) is 0.194. The van der Waals surface area contributed by atoms with Gasteiger partial charge in [0.15, 0.2) is 19.9 Å². The van der Waals surface area contributed by atoms with Crippen LogP contribution < -0.4 is 14.2 Å². The van der Waals surface area contributed by atoms with Crippen molar-refractivity contribution >= 4 is 19.9 Å². The number of hydrogen-bond donors (Lipinski definition) is 1. The van der Waals surface area contributed by atoms with E-state index in [1.807, 2.05) is 19.9 Å². The number of hydrogen-bond acceptors (Lipinski definition) is 13. The molecule has 2 aromatic carbocycles. The molecule has 2 aromatic rings. The van der Waals surface area contributed by atoms with Crippen LogP contribution in [0.3, 0.4) is 0 Å². The Morgan fingerprint density at radius 2 is 1.31 bits per heavy atom. The minimum atomic E-state index is -2.10. The number of aliphatic hydroxyl groups excluding tert-OH is 1. The van der Waals surface area contributed by atoms with Gasteiger partial charge in [0, 0.05) is 53.9 Å². The first-order chi connectivity index (χ1) is 29.6. The molecule has 5 atom stereocenters. The van der Waals surface area contributed by atoms with Crippen molar-refractivity contribution in [1.29, 1.82) is 0 Å². The first-order valence-corrected chi connectivity index (χ1v) is 24.8. The highest BCUT2D eigenvalue weighted by molar-refractivity contribution is 6.77. The number of fused-ring (bicyclic) bond motifs is 6. The number of aliphatic hydroxyl groups is 1. The number of ether oxygens (including phenoxy) is 9. The molecule has 2 saturated heterocycles. The van der Waals surface area contributed by atoms with Gasteiger partial charge in [-0.25, -0.2) is 0 Å². The fraction of sp³-hybridized carbons (Fsp3) is 0.667. The molecule has 1 N–H and O–H groups in total. The summed E-state index contributed by atoms with van der Waals surface area (Å²) in [6.07, 6.45) is 2.36. The third-order valence-corrected chi connectivity index (χ3v) is 20.6. The highest BCUT2D eigenvalue weighted by Crippen LogP contribution is 2.62. The van der Waals surface area contributed by atoms with Crippen molar-refractivity contribution in [1.82, 2.24) is 0 Å². The van der Waals surface area contributed by atoms with E-state index in [4.69, 9.17) is 47.1 Å². The number of carbonyl (C=O) groups is 2. The van der Waals surface area contributed by atoms with E-state index >= 15 is 4.79 Å². The summed E-state index contributed by atoms with van der Waals surface area (Å²) < 4.78 is 65.8. The Labute approximate surface area is 367 Å². The summed E-state index contributed by atoms with van der Waals surface area (Å²) in [5, 5.41) is 9.72. The smallest absolute Gasteiger partial charge is 0.223 e. The predicted octanol–water partition coefficient (Wildman–Crippen LogP) is 8.11. The van der Waals surface area contributed by atoms with Crippen molar-refractivity contribution < 1.29 is 61.8 Å². The van der Waals surface area contributed by atoms with Crippen LogP contribution in [0.2, 0.25) is 16.6 Å². The van der Waals surface area contributed by atoms with E-state index in [0.717, 1.165) is 22.3 Å². The first-order valence-electron chi connectivity index (χ1n) is 22.6. The molecule has 14 heteroatoms. The lowest BCUT2D eigenvalue weighted by Gasteiger charge is -2.48. The summed E-state index contributed by atoms with van der Waals surface area (Å²) in [6.45, 7) is 19.1. The molecule has 4 heterocycles. The van der Waals surface area contributed by atoms with E-state index in [1.165, 1.54) is 6.08 Å². The van der Waals surface area contributed by atoms with Gasteiger partial charge in [-0.2, -0.15) is 0 Å².